The average Bonchev–Trinajstić information content (AvgIpc) is 2.70. The molecule has 0 bridgehead atoms. The Kier molecular flexibility index (Phi) is 3.59. The molecule has 0 spiro atoms. The fourth-order valence-corrected chi connectivity index (χ4v) is 2.72. The van der Waals surface area contributed by atoms with E-state index >= 15 is 0 Å². The van der Waals surface area contributed by atoms with Crippen LogP contribution in [-0.2, 0) is 5.41 Å². The summed E-state index contributed by atoms with van der Waals surface area (Å²) >= 11 is 4.99. The first-order valence-electron chi connectivity index (χ1n) is 5.50. The Morgan fingerprint density at radius 2 is 2.11 bits per heavy atom. The molecule has 0 fully saturated rings. The number of thiazole rings is 1. The number of halogens is 1. The second kappa shape index (κ2) is 4.85. The van der Waals surface area contributed by atoms with Gasteiger partial charge in [-0.3, -0.25) is 0 Å². The van der Waals surface area contributed by atoms with Crippen molar-refractivity contribution in [1.82, 2.24) is 9.97 Å². The van der Waals surface area contributed by atoms with Crippen LogP contribution < -0.4 is 11.1 Å². The van der Waals surface area contributed by atoms with Crippen LogP contribution in [0.5, 0.6) is 0 Å². The molecule has 4 nitrogen and oxygen atoms in total. The number of nitrogens with one attached hydrogen (secondary N) is 1. The molecular formula is C12H15BrN4S. The Bertz CT molecular complexity index is 559. The Hall–Kier alpha value is -1.14. The molecule has 0 aliphatic rings. The summed E-state index contributed by atoms with van der Waals surface area (Å²) in [4.78, 5) is 8.78. The SMILES string of the molecule is CC(C)(C)c1csc(Nc2ncc(N)cc2Br)n1. The van der Waals surface area contributed by atoms with E-state index in [-0.39, 0.29) is 5.41 Å². The molecular weight excluding hydrogens is 312 g/mol. The molecule has 6 heteroatoms. The lowest BCUT2D eigenvalue weighted by Gasteiger charge is -2.14. The molecule has 0 aliphatic carbocycles. The molecule has 2 aromatic heterocycles. The van der Waals surface area contributed by atoms with E-state index in [0.717, 1.165) is 21.1 Å². The Morgan fingerprint density at radius 3 is 2.67 bits per heavy atom. The molecule has 18 heavy (non-hydrogen) atoms. The summed E-state index contributed by atoms with van der Waals surface area (Å²) in [5, 5.41) is 6.08. The third-order valence-corrected chi connectivity index (χ3v) is 3.72. The van der Waals surface area contributed by atoms with E-state index in [2.05, 4.69) is 57.4 Å². The molecule has 3 N–H and O–H groups in total. The lowest BCUT2D eigenvalue weighted by molar-refractivity contribution is 0.573. The van der Waals surface area contributed by atoms with Crippen LogP contribution in [0.25, 0.3) is 0 Å². The van der Waals surface area contributed by atoms with Crippen LogP contribution in [0.3, 0.4) is 0 Å². The van der Waals surface area contributed by atoms with E-state index in [0.29, 0.717) is 5.69 Å². The first-order chi connectivity index (χ1) is 8.36. The number of nitrogens with zero attached hydrogens (tertiary/aromatic N) is 2. The maximum atomic E-state index is 5.65. The fourth-order valence-electron chi connectivity index (χ4n) is 1.32. The van der Waals surface area contributed by atoms with E-state index in [1.807, 2.05) is 6.07 Å². The molecule has 0 radical (unpaired) electrons. The minimum atomic E-state index is 0.0577. The highest BCUT2D eigenvalue weighted by Crippen LogP contribution is 2.30. The van der Waals surface area contributed by atoms with Gasteiger partial charge in [0.2, 0.25) is 0 Å². The smallest absolute Gasteiger partial charge is 0.188 e. The van der Waals surface area contributed by atoms with Crippen molar-refractivity contribution in [2.24, 2.45) is 0 Å². The monoisotopic (exact) mass is 326 g/mol. The maximum absolute atomic E-state index is 5.65. The predicted octanol–water partition coefficient (Wildman–Crippen LogP) is 3.92. The summed E-state index contributed by atoms with van der Waals surface area (Å²) < 4.78 is 0.829. The van der Waals surface area contributed by atoms with Crippen molar-refractivity contribution in [2.75, 3.05) is 11.1 Å². The number of hydrogen-bond acceptors (Lipinski definition) is 5. The Labute approximate surface area is 119 Å². The molecule has 0 amide bonds. The third kappa shape index (κ3) is 3.00. The van der Waals surface area contributed by atoms with Gasteiger partial charge in [-0.2, -0.15) is 0 Å². The summed E-state index contributed by atoms with van der Waals surface area (Å²) in [6.07, 6.45) is 1.62. The van der Waals surface area contributed by atoms with Gasteiger partial charge < -0.3 is 11.1 Å². The lowest BCUT2D eigenvalue weighted by atomic mass is 9.93. The molecule has 2 aromatic rings. The van der Waals surface area contributed by atoms with Gasteiger partial charge in [0.15, 0.2) is 5.13 Å². The molecule has 0 unspecified atom stereocenters. The van der Waals surface area contributed by atoms with Crippen LogP contribution >= 0.6 is 27.3 Å². The number of nitrogens with two attached hydrogens (primary N) is 1. The second-order valence-electron chi connectivity index (χ2n) is 5.01. The second-order valence-corrected chi connectivity index (χ2v) is 6.72. The van der Waals surface area contributed by atoms with Gasteiger partial charge in [-0.1, -0.05) is 20.8 Å². The molecule has 2 heterocycles. The summed E-state index contributed by atoms with van der Waals surface area (Å²) in [5.41, 5.74) is 7.40. The van der Waals surface area contributed by atoms with Gasteiger partial charge in [-0.25, -0.2) is 9.97 Å². The predicted molar refractivity (Wildman–Crippen MR) is 80.4 cm³/mol. The van der Waals surface area contributed by atoms with Crippen molar-refractivity contribution in [3.63, 3.8) is 0 Å². The normalized spacial score (nSPS) is 11.6. The summed E-state index contributed by atoms with van der Waals surface area (Å²) in [5.74, 6) is 0.721. The molecule has 96 valence electrons. The first kappa shape index (κ1) is 13.3. The van der Waals surface area contributed by atoms with Crippen LogP contribution in [0.4, 0.5) is 16.6 Å². The first-order valence-corrected chi connectivity index (χ1v) is 7.17. The summed E-state index contributed by atoms with van der Waals surface area (Å²) in [7, 11) is 0. The van der Waals surface area contributed by atoms with Crippen molar-refractivity contribution in [1.29, 1.82) is 0 Å². The quantitative estimate of drug-likeness (QED) is 0.877. The van der Waals surface area contributed by atoms with Gasteiger partial charge in [0.25, 0.3) is 0 Å². The molecule has 0 saturated carbocycles. The van der Waals surface area contributed by atoms with Crippen LogP contribution in [0.2, 0.25) is 0 Å². The van der Waals surface area contributed by atoms with E-state index in [1.165, 1.54) is 0 Å². The minimum absolute atomic E-state index is 0.0577. The van der Waals surface area contributed by atoms with E-state index in [1.54, 1.807) is 17.5 Å². The molecule has 0 saturated heterocycles. The Balaban J connectivity index is 2.21. The van der Waals surface area contributed by atoms with Gasteiger partial charge in [0.05, 0.1) is 22.1 Å². The number of aromatic nitrogens is 2. The van der Waals surface area contributed by atoms with Crippen LogP contribution in [0, 0.1) is 0 Å². The molecule has 0 aliphatic heterocycles. The van der Waals surface area contributed by atoms with Crippen LogP contribution in [0.15, 0.2) is 22.1 Å². The van der Waals surface area contributed by atoms with Crippen molar-refractivity contribution >= 4 is 43.9 Å². The lowest BCUT2D eigenvalue weighted by Crippen LogP contribution is -2.11. The topological polar surface area (TPSA) is 63.8 Å². The average molecular weight is 327 g/mol. The van der Waals surface area contributed by atoms with E-state index in [9.17, 15) is 0 Å². The molecule has 0 aromatic carbocycles. The minimum Gasteiger partial charge on any atom is -0.397 e. The van der Waals surface area contributed by atoms with E-state index < -0.39 is 0 Å². The Morgan fingerprint density at radius 1 is 1.39 bits per heavy atom. The van der Waals surface area contributed by atoms with Crippen molar-refractivity contribution in [3.05, 3.63) is 27.8 Å². The number of hydrogen-bond donors (Lipinski definition) is 2. The van der Waals surface area contributed by atoms with Crippen molar-refractivity contribution in [3.8, 4) is 0 Å². The highest BCUT2D eigenvalue weighted by Gasteiger charge is 2.17. The van der Waals surface area contributed by atoms with Gasteiger partial charge in [-0.05, 0) is 22.0 Å². The molecule has 0 atom stereocenters. The van der Waals surface area contributed by atoms with Crippen molar-refractivity contribution in [2.45, 2.75) is 26.2 Å². The van der Waals surface area contributed by atoms with Gasteiger partial charge in [0.1, 0.15) is 5.82 Å². The zero-order chi connectivity index (χ0) is 13.3. The number of pyridine rings is 1. The number of rotatable bonds is 2. The summed E-state index contributed by atoms with van der Waals surface area (Å²) in [6.45, 7) is 6.43. The zero-order valence-electron chi connectivity index (χ0n) is 10.5. The standard InChI is InChI=1S/C12H15BrN4S/c1-12(2,3)9-6-18-11(16-9)17-10-8(13)4-7(14)5-15-10/h4-6H,14H2,1-3H3,(H,15,16,17). The number of anilines is 3. The van der Waals surface area contributed by atoms with Crippen LogP contribution in [-0.4, -0.2) is 9.97 Å². The van der Waals surface area contributed by atoms with Crippen molar-refractivity contribution < 1.29 is 0 Å². The van der Waals surface area contributed by atoms with Gasteiger partial charge in [-0.15, -0.1) is 11.3 Å². The maximum Gasteiger partial charge on any atom is 0.188 e. The van der Waals surface area contributed by atoms with Crippen LogP contribution in [0.1, 0.15) is 26.5 Å². The summed E-state index contributed by atoms with van der Waals surface area (Å²) in [6, 6.07) is 1.81. The fraction of sp³-hybridized carbons (Fsp3) is 0.333. The third-order valence-electron chi connectivity index (χ3n) is 2.36. The zero-order valence-corrected chi connectivity index (χ0v) is 12.9. The van der Waals surface area contributed by atoms with Gasteiger partial charge >= 0.3 is 0 Å². The van der Waals surface area contributed by atoms with E-state index in [4.69, 9.17) is 5.73 Å². The van der Waals surface area contributed by atoms with Gasteiger partial charge in [0, 0.05) is 10.8 Å². The highest BCUT2D eigenvalue weighted by molar-refractivity contribution is 9.10. The largest absolute Gasteiger partial charge is 0.397 e. The molecule has 2 rings (SSSR count). The number of nitrogen functional groups attached to an aromatic ring is 1. The highest BCUT2D eigenvalue weighted by atomic mass is 79.9.